The number of non-ortho nitro benzene ring substituents is 1. The molecule has 114 valence electrons. The van der Waals surface area contributed by atoms with Crippen molar-refractivity contribution in [3.05, 3.63) is 39.6 Å². The summed E-state index contributed by atoms with van der Waals surface area (Å²) in [5, 5.41) is 20.6. The van der Waals surface area contributed by atoms with E-state index in [0.29, 0.717) is 35.1 Å². The van der Waals surface area contributed by atoms with Crippen LogP contribution in [-0.2, 0) is 17.8 Å². The number of benzene rings is 1. The summed E-state index contributed by atoms with van der Waals surface area (Å²) in [6.45, 7) is 0.143. The zero-order chi connectivity index (χ0) is 16.0. The first-order chi connectivity index (χ1) is 10.4. The smallest absolute Gasteiger partial charge is 0.323 e. The zero-order valence-corrected chi connectivity index (χ0v) is 11.8. The van der Waals surface area contributed by atoms with Crippen molar-refractivity contribution >= 4 is 28.5 Å². The molecule has 0 saturated heterocycles. The van der Waals surface area contributed by atoms with Crippen LogP contribution < -0.4 is 0 Å². The van der Waals surface area contributed by atoms with Gasteiger partial charge in [-0.15, -0.1) is 0 Å². The van der Waals surface area contributed by atoms with Gasteiger partial charge < -0.3 is 14.6 Å². The van der Waals surface area contributed by atoms with Gasteiger partial charge in [0.05, 0.1) is 4.92 Å². The molecule has 0 fully saturated rings. The number of fused-ring (bicyclic) bond motifs is 3. The van der Waals surface area contributed by atoms with Gasteiger partial charge in [0.2, 0.25) is 0 Å². The molecule has 3 rings (SSSR count). The molecular weight excluding hydrogens is 290 g/mol. The summed E-state index contributed by atoms with van der Waals surface area (Å²) in [4.78, 5) is 35.5. The van der Waals surface area contributed by atoms with Crippen molar-refractivity contribution in [2.24, 2.45) is 0 Å². The SMILES string of the molecule is CN1CCc2c(n(CC(=O)O)c3ccc([N+](=O)[O-])cc23)C1=O. The summed E-state index contributed by atoms with van der Waals surface area (Å²) in [6, 6.07) is 4.23. The number of nitro groups is 1. The van der Waals surface area contributed by atoms with Crippen LogP contribution >= 0.6 is 0 Å². The van der Waals surface area contributed by atoms with Gasteiger partial charge in [-0.05, 0) is 18.1 Å². The van der Waals surface area contributed by atoms with Crippen LogP contribution in [0.3, 0.4) is 0 Å². The van der Waals surface area contributed by atoms with Gasteiger partial charge >= 0.3 is 5.97 Å². The van der Waals surface area contributed by atoms with E-state index in [-0.39, 0.29) is 18.1 Å². The Morgan fingerprint density at radius 2 is 2.18 bits per heavy atom. The Bertz CT molecular complexity index is 823. The molecule has 2 heterocycles. The fourth-order valence-corrected chi connectivity index (χ4v) is 2.88. The minimum absolute atomic E-state index is 0.0749. The van der Waals surface area contributed by atoms with E-state index in [0.717, 1.165) is 0 Å². The lowest BCUT2D eigenvalue weighted by atomic mass is 10.0. The summed E-state index contributed by atoms with van der Waals surface area (Å²) in [5.41, 5.74) is 1.45. The molecule has 0 radical (unpaired) electrons. The van der Waals surface area contributed by atoms with Gasteiger partial charge in [-0.3, -0.25) is 19.7 Å². The maximum atomic E-state index is 12.4. The third kappa shape index (κ3) is 2.00. The lowest BCUT2D eigenvalue weighted by Gasteiger charge is -2.23. The number of carboxylic acids is 1. The number of rotatable bonds is 3. The van der Waals surface area contributed by atoms with Crippen molar-refractivity contribution in [1.82, 2.24) is 9.47 Å². The predicted molar refractivity (Wildman–Crippen MR) is 76.9 cm³/mol. The highest BCUT2D eigenvalue weighted by Crippen LogP contribution is 2.32. The molecule has 2 aromatic rings. The second-order valence-electron chi connectivity index (χ2n) is 5.24. The molecule has 1 aliphatic rings. The predicted octanol–water partition coefficient (Wildman–Crippen LogP) is 1.26. The largest absolute Gasteiger partial charge is 0.480 e. The second kappa shape index (κ2) is 4.83. The molecule has 0 aliphatic carbocycles. The van der Waals surface area contributed by atoms with Gasteiger partial charge in [0.1, 0.15) is 12.2 Å². The molecule has 1 N–H and O–H groups in total. The summed E-state index contributed by atoms with van der Waals surface area (Å²) in [5.74, 6) is -1.33. The van der Waals surface area contributed by atoms with Gasteiger partial charge in [-0.1, -0.05) is 0 Å². The zero-order valence-electron chi connectivity index (χ0n) is 11.8. The number of aromatic nitrogens is 1. The maximum Gasteiger partial charge on any atom is 0.323 e. The molecule has 0 spiro atoms. The van der Waals surface area contributed by atoms with Gasteiger partial charge in [0.15, 0.2) is 0 Å². The number of hydrogen-bond acceptors (Lipinski definition) is 4. The van der Waals surface area contributed by atoms with Gasteiger partial charge in [-0.2, -0.15) is 0 Å². The normalized spacial score (nSPS) is 14.2. The Kier molecular flexibility index (Phi) is 3.09. The summed E-state index contributed by atoms with van der Waals surface area (Å²) in [6.07, 6.45) is 0.544. The van der Waals surface area contributed by atoms with Crippen molar-refractivity contribution in [2.75, 3.05) is 13.6 Å². The maximum absolute atomic E-state index is 12.4. The lowest BCUT2D eigenvalue weighted by Crippen LogP contribution is -2.35. The van der Waals surface area contributed by atoms with Crippen molar-refractivity contribution < 1.29 is 19.6 Å². The standard InChI is InChI=1S/C14H13N3O5/c1-15-5-4-9-10-6-8(17(21)22)2-3-11(10)16(7-12(18)19)13(9)14(15)20/h2-3,6H,4-5,7H2,1H3,(H,18,19). The van der Waals surface area contributed by atoms with Crippen LogP contribution in [0.4, 0.5) is 5.69 Å². The average molecular weight is 303 g/mol. The first-order valence-electron chi connectivity index (χ1n) is 6.67. The number of amides is 1. The lowest BCUT2D eigenvalue weighted by molar-refractivity contribution is -0.384. The first kappa shape index (κ1) is 14.1. The van der Waals surface area contributed by atoms with Crippen molar-refractivity contribution in [1.29, 1.82) is 0 Å². The number of carbonyl (C=O) groups excluding carboxylic acids is 1. The average Bonchev–Trinajstić information content (AvgIpc) is 2.76. The summed E-state index contributed by atoms with van der Waals surface area (Å²) >= 11 is 0. The molecule has 8 heteroatoms. The molecule has 22 heavy (non-hydrogen) atoms. The monoisotopic (exact) mass is 303 g/mol. The molecule has 1 aliphatic heterocycles. The van der Waals surface area contributed by atoms with Crippen molar-refractivity contribution in [3.63, 3.8) is 0 Å². The summed E-state index contributed by atoms with van der Waals surface area (Å²) < 4.78 is 1.43. The number of aliphatic carboxylic acids is 1. The second-order valence-corrected chi connectivity index (χ2v) is 5.24. The van der Waals surface area contributed by atoms with Gasteiger partial charge in [0, 0.05) is 36.6 Å². The Labute approximate surface area is 124 Å². The van der Waals surface area contributed by atoms with Crippen LogP contribution in [-0.4, -0.2) is 45.0 Å². The molecule has 1 amide bonds. The molecular formula is C14H13N3O5. The van der Waals surface area contributed by atoms with Crippen LogP contribution in [0.2, 0.25) is 0 Å². The van der Waals surface area contributed by atoms with E-state index in [2.05, 4.69) is 0 Å². The quantitative estimate of drug-likeness (QED) is 0.678. The third-order valence-corrected chi connectivity index (χ3v) is 3.90. The van der Waals surface area contributed by atoms with E-state index in [1.54, 1.807) is 7.05 Å². The number of carbonyl (C=O) groups is 2. The highest BCUT2D eigenvalue weighted by atomic mass is 16.6. The van der Waals surface area contributed by atoms with Crippen LogP contribution in [0.25, 0.3) is 10.9 Å². The molecule has 0 unspecified atom stereocenters. The van der Waals surface area contributed by atoms with E-state index >= 15 is 0 Å². The molecule has 0 saturated carbocycles. The van der Waals surface area contributed by atoms with Crippen LogP contribution in [0.5, 0.6) is 0 Å². The first-order valence-corrected chi connectivity index (χ1v) is 6.67. The Hall–Kier alpha value is -2.90. The van der Waals surface area contributed by atoms with E-state index in [9.17, 15) is 19.7 Å². The molecule has 0 bridgehead atoms. The molecule has 1 aromatic heterocycles. The van der Waals surface area contributed by atoms with E-state index < -0.39 is 10.9 Å². The highest BCUT2D eigenvalue weighted by molar-refractivity contribution is 6.03. The Morgan fingerprint density at radius 3 is 2.82 bits per heavy atom. The number of carboxylic acid groups (broad SMARTS) is 1. The molecule has 8 nitrogen and oxygen atoms in total. The number of nitrogens with zero attached hydrogens (tertiary/aromatic N) is 3. The van der Waals surface area contributed by atoms with E-state index in [1.807, 2.05) is 0 Å². The van der Waals surface area contributed by atoms with E-state index in [1.165, 1.54) is 27.7 Å². The molecule has 0 atom stereocenters. The number of likely N-dealkylation sites (N-methyl/N-ethyl adjacent to an activating group) is 1. The van der Waals surface area contributed by atoms with Crippen molar-refractivity contribution in [3.8, 4) is 0 Å². The Balaban J connectivity index is 2.33. The van der Waals surface area contributed by atoms with Gasteiger partial charge in [-0.25, -0.2) is 0 Å². The minimum atomic E-state index is -1.07. The van der Waals surface area contributed by atoms with Crippen LogP contribution in [0.15, 0.2) is 18.2 Å². The number of nitro benzene ring substituents is 1. The molecule has 1 aromatic carbocycles. The van der Waals surface area contributed by atoms with E-state index in [4.69, 9.17) is 5.11 Å². The Morgan fingerprint density at radius 1 is 1.45 bits per heavy atom. The highest BCUT2D eigenvalue weighted by Gasteiger charge is 2.30. The minimum Gasteiger partial charge on any atom is -0.480 e. The van der Waals surface area contributed by atoms with Crippen molar-refractivity contribution in [2.45, 2.75) is 13.0 Å². The third-order valence-electron chi connectivity index (χ3n) is 3.90. The fourth-order valence-electron chi connectivity index (χ4n) is 2.88. The van der Waals surface area contributed by atoms with Crippen LogP contribution in [0, 0.1) is 10.1 Å². The topological polar surface area (TPSA) is 106 Å². The summed E-state index contributed by atoms with van der Waals surface area (Å²) in [7, 11) is 1.65. The number of hydrogen-bond donors (Lipinski definition) is 1. The fraction of sp³-hybridized carbons (Fsp3) is 0.286. The van der Waals surface area contributed by atoms with Gasteiger partial charge in [0.25, 0.3) is 11.6 Å². The van der Waals surface area contributed by atoms with Crippen LogP contribution in [0.1, 0.15) is 16.1 Å².